The number of halogens is 2. The first-order valence-electron chi connectivity index (χ1n) is 8.62. The molecule has 0 aromatic heterocycles. The van der Waals surface area contributed by atoms with Crippen molar-refractivity contribution in [2.75, 3.05) is 13.1 Å². The smallest absolute Gasteiger partial charge is 0.387 e. The second-order valence-corrected chi connectivity index (χ2v) is 7.08. The molecule has 2 N–H and O–H groups in total. The van der Waals surface area contributed by atoms with Crippen molar-refractivity contribution in [2.24, 2.45) is 11.8 Å². The molecule has 5 nitrogen and oxygen atoms in total. The monoisotopic (exact) mass is 354 g/mol. The number of hydrogen-bond acceptors (Lipinski definition) is 4. The second-order valence-electron chi connectivity index (χ2n) is 7.08. The van der Waals surface area contributed by atoms with Crippen molar-refractivity contribution in [3.8, 4) is 5.75 Å². The fourth-order valence-corrected chi connectivity index (χ4v) is 4.11. The van der Waals surface area contributed by atoms with Gasteiger partial charge in [0.1, 0.15) is 5.75 Å². The van der Waals surface area contributed by atoms with Crippen LogP contribution in [0.15, 0.2) is 24.3 Å². The van der Waals surface area contributed by atoms with Crippen LogP contribution < -0.4 is 10.1 Å². The number of ether oxygens (including phenoxy) is 1. The number of rotatable bonds is 5. The van der Waals surface area contributed by atoms with Crippen molar-refractivity contribution in [3.63, 3.8) is 0 Å². The minimum atomic E-state index is -2.81. The molecule has 1 saturated carbocycles. The van der Waals surface area contributed by atoms with Gasteiger partial charge in [-0.25, -0.2) is 0 Å². The van der Waals surface area contributed by atoms with Gasteiger partial charge in [-0.3, -0.25) is 9.69 Å². The number of hydrogen-bond donors (Lipinski definition) is 2. The van der Waals surface area contributed by atoms with E-state index in [4.69, 9.17) is 0 Å². The summed E-state index contributed by atoms with van der Waals surface area (Å²) in [5, 5.41) is 13.1. The summed E-state index contributed by atoms with van der Waals surface area (Å²) in [6.45, 7) is 1.23. The van der Waals surface area contributed by atoms with Gasteiger partial charge in [-0.2, -0.15) is 8.78 Å². The minimum absolute atomic E-state index is 0.108. The maximum atomic E-state index is 12.2. The first-order chi connectivity index (χ1) is 11.9. The molecule has 4 atom stereocenters. The molecule has 2 fully saturated rings. The van der Waals surface area contributed by atoms with Crippen LogP contribution in [0.1, 0.15) is 25.3 Å². The molecule has 3 rings (SSSR count). The summed E-state index contributed by atoms with van der Waals surface area (Å²) in [6, 6.07) is 6.55. The van der Waals surface area contributed by atoms with Gasteiger partial charge in [0.2, 0.25) is 5.91 Å². The van der Waals surface area contributed by atoms with Gasteiger partial charge in [0.25, 0.3) is 0 Å². The topological polar surface area (TPSA) is 61.8 Å². The normalized spacial score (nSPS) is 29.5. The van der Waals surface area contributed by atoms with E-state index < -0.39 is 12.7 Å². The van der Waals surface area contributed by atoms with Crippen LogP contribution in [0.2, 0.25) is 0 Å². The Hall–Kier alpha value is -1.73. The zero-order valence-electron chi connectivity index (χ0n) is 14.2. The van der Waals surface area contributed by atoms with E-state index in [9.17, 15) is 18.7 Å². The van der Waals surface area contributed by atoms with Crippen molar-refractivity contribution >= 4 is 5.91 Å². The summed E-state index contributed by atoms with van der Waals surface area (Å²) in [4.78, 5) is 13.6. The summed E-state index contributed by atoms with van der Waals surface area (Å²) in [5.74, 6) is 0.946. The SMILES string of the molecule is CC(=O)N[C@@H]1C[C@@H]2CN(Cc3ccc(OC(F)F)cc3)C[C@@H]2C[C@H]1O. The van der Waals surface area contributed by atoms with Gasteiger partial charge in [0.05, 0.1) is 12.1 Å². The molecular weight excluding hydrogens is 330 g/mol. The number of amides is 1. The number of carbonyl (C=O) groups excluding carboxylic acids is 1. The Morgan fingerprint density at radius 1 is 1.28 bits per heavy atom. The van der Waals surface area contributed by atoms with Crippen molar-refractivity contribution in [1.29, 1.82) is 0 Å². The van der Waals surface area contributed by atoms with Crippen molar-refractivity contribution in [1.82, 2.24) is 10.2 Å². The molecule has 1 aromatic rings. The lowest BCUT2D eigenvalue weighted by molar-refractivity contribution is -0.121. The highest BCUT2D eigenvalue weighted by Gasteiger charge is 2.41. The molecule has 0 unspecified atom stereocenters. The number of aliphatic hydroxyl groups excluding tert-OH is 1. The molecule has 1 aliphatic heterocycles. The first-order valence-corrected chi connectivity index (χ1v) is 8.62. The molecule has 7 heteroatoms. The fourth-order valence-electron chi connectivity index (χ4n) is 4.11. The van der Waals surface area contributed by atoms with Gasteiger partial charge in [-0.15, -0.1) is 0 Å². The standard InChI is InChI=1S/C18H24F2N2O3/c1-11(23)21-16-6-13-9-22(10-14(13)7-17(16)24)8-12-2-4-15(5-3-12)25-18(19)20/h2-5,13-14,16-18,24H,6-10H2,1H3,(H,21,23)/t13-,14+,16-,17-/m1/s1. The third-order valence-corrected chi connectivity index (χ3v) is 5.16. The third-order valence-electron chi connectivity index (χ3n) is 5.16. The summed E-state index contributed by atoms with van der Waals surface area (Å²) < 4.78 is 28.7. The van der Waals surface area contributed by atoms with Crippen molar-refractivity contribution in [3.05, 3.63) is 29.8 Å². The molecule has 0 radical (unpaired) electrons. The number of carbonyl (C=O) groups is 1. The van der Waals surface area contributed by atoms with Crippen LogP contribution >= 0.6 is 0 Å². The zero-order chi connectivity index (χ0) is 18.0. The lowest BCUT2D eigenvalue weighted by Crippen LogP contribution is -2.48. The molecule has 138 valence electrons. The lowest BCUT2D eigenvalue weighted by atomic mass is 9.77. The van der Waals surface area contributed by atoms with Gasteiger partial charge in [-0.1, -0.05) is 12.1 Å². The molecule has 0 spiro atoms. The maximum Gasteiger partial charge on any atom is 0.387 e. The number of alkyl halides is 2. The minimum Gasteiger partial charge on any atom is -0.435 e. The van der Waals surface area contributed by atoms with Crippen molar-refractivity contribution in [2.45, 2.75) is 45.1 Å². The number of aliphatic hydroxyl groups is 1. The average Bonchev–Trinajstić information content (AvgIpc) is 2.89. The van der Waals surface area contributed by atoms with Gasteiger partial charge < -0.3 is 15.2 Å². The molecule has 1 heterocycles. The van der Waals surface area contributed by atoms with E-state index in [1.54, 1.807) is 24.3 Å². The highest BCUT2D eigenvalue weighted by Crippen LogP contribution is 2.37. The Bertz CT molecular complexity index is 596. The molecule has 1 aliphatic carbocycles. The van der Waals surface area contributed by atoms with Crippen LogP contribution in [-0.2, 0) is 11.3 Å². The van der Waals surface area contributed by atoms with E-state index >= 15 is 0 Å². The molecule has 2 aliphatic rings. The van der Waals surface area contributed by atoms with E-state index in [1.165, 1.54) is 6.92 Å². The first kappa shape index (κ1) is 18.1. The van der Waals surface area contributed by atoms with Crippen molar-refractivity contribution < 1.29 is 23.4 Å². The fraction of sp³-hybridized carbons (Fsp3) is 0.611. The Kier molecular flexibility index (Phi) is 5.54. The highest BCUT2D eigenvalue weighted by atomic mass is 19.3. The molecular formula is C18H24F2N2O3. The summed E-state index contributed by atoms with van der Waals surface area (Å²) in [6.07, 6.45) is 1.01. The number of likely N-dealkylation sites (tertiary alicyclic amines) is 1. The average molecular weight is 354 g/mol. The van der Waals surface area contributed by atoms with E-state index in [-0.39, 0.29) is 17.7 Å². The lowest BCUT2D eigenvalue weighted by Gasteiger charge is -2.35. The Morgan fingerprint density at radius 2 is 1.92 bits per heavy atom. The second kappa shape index (κ2) is 7.66. The van der Waals surface area contributed by atoms with Gasteiger partial charge in [0, 0.05) is 26.6 Å². The van der Waals surface area contributed by atoms with Gasteiger partial charge in [-0.05, 0) is 42.4 Å². The zero-order valence-corrected chi connectivity index (χ0v) is 14.2. The van der Waals surface area contributed by atoms with Crippen LogP contribution in [0.3, 0.4) is 0 Å². The number of fused-ring (bicyclic) bond motifs is 1. The van der Waals surface area contributed by atoms with Gasteiger partial charge >= 0.3 is 6.61 Å². The predicted molar refractivity (Wildman–Crippen MR) is 88.2 cm³/mol. The van der Waals surface area contributed by atoms with Crippen LogP contribution in [-0.4, -0.2) is 47.8 Å². The Balaban J connectivity index is 1.55. The Morgan fingerprint density at radius 3 is 2.52 bits per heavy atom. The molecule has 0 bridgehead atoms. The highest BCUT2D eigenvalue weighted by molar-refractivity contribution is 5.73. The van der Waals surface area contributed by atoms with Crippen LogP contribution in [0.25, 0.3) is 0 Å². The molecule has 1 amide bonds. The molecule has 25 heavy (non-hydrogen) atoms. The maximum absolute atomic E-state index is 12.2. The largest absolute Gasteiger partial charge is 0.435 e. The van der Waals surface area contributed by atoms with Crippen LogP contribution in [0, 0.1) is 11.8 Å². The number of nitrogens with one attached hydrogen (secondary N) is 1. The van der Waals surface area contributed by atoms with E-state index in [2.05, 4.69) is 15.0 Å². The predicted octanol–water partition coefficient (Wildman–Crippen LogP) is 2.00. The number of benzene rings is 1. The van der Waals surface area contributed by atoms with Gasteiger partial charge in [0.15, 0.2) is 0 Å². The quantitative estimate of drug-likeness (QED) is 0.849. The molecule has 1 saturated heterocycles. The summed E-state index contributed by atoms with van der Waals surface area (Å²) in [5.41, 5.74) is 1.04. The van der Waals surface area contributed by atoms with E-state index in [0.29, 0.717) is 18.3 Å². The molecule has 1 aromatic carbocycles. The van der Waals surface area contributed by atoms with Crippen LogP contribution in [0.5, 0.6) is 5.75 Å². The Labute approximate surface area is 146 Å². The van der Waals surface area contributed by atoms with E-state index in [1.807, 2.05) is 0 Å². The summed E-state index contributed by atoms with van der Waals surface area (Å²) >= 11 is 0. The summed E-state index contributed by atoms with van der Waals surface area (Å²) in [7, 11) is 0. The number of nitrogens with zero attached hydrogens (tertiary/aromatic N) is 1. The third kappa shape index (κ3) is 4.67. The van der Waals surface area contributed by atoms with E-state index in [0.717, 1.165) is 31.6 Å². The van der Waals surface area contributed by atoms with Crippen LogP contribution in [0.4, 0.5) is 8.78 Å².